The number of halogens is 1. The van der Waals surface area contributed by atoms with Crippen molar-refractivity contribution in [3.05, 3.63) is 82.4 Å². The quantitative estimate of drug-likeness (QED) is 0.358. The van der Waals surface area contributed by atoms with Crippen LogP contribution in [0.5, 0.6) is 11.5 Å². The first-order valence-corrected chi connectivity index (χ1v) is 11.6. The number of rotatable bonds is 10. The molecule has 3 aromatic carbocycles. The van der Waals surface area contributed by atoms with Gasteiger partial charge in [-0.3, -0.25) is 9.59 Å². The zero-order chi connectivity index (χ0) is 24.5. The maximum atomic E-state index is 12.7. The molecule has 3 aromatic rings. The topological polar surface area (TPSA) is 76.7 Å². The molecule has 0 heterocycles. The number of amides is 2. The van der Waals surface area contributed by atoms with Gasteiger partial charge in [0.1, 0.15) is 11.5 Å². The third-order valence-electron chi connectivity index (χ3n) is 5.12. The van der Waals surface area contributed by atoms with Gasteiger partial charge in [0, 0.05) is 29.1 Å². The molecule has 0 saturated heterocycles. The molecule has 178 valence electrons. The van der Waals surface area contributed by atoms with Crippen molar-refractivity contribution in [1.29, 1.82) is 0 Å². The highest BCUT2D eigenvalue weighted by molar-refractivity contribution is 6.31. The lowest BCUT2D eigenvalue weighted by Gasteiger charge is -2.18. The lowest BCUT2D eigenvalue weighted by atomic mass is 10.1. The largest absolute Gasteiger partial charge is 0.492 e. The minimum Gasteiger partial charge on any atom is -0.492 e. The summed E-state index contributed by atoms with van der Waals surface area (Å²) in [6, 6.07) is 18.1. The first-order valence-electron chi connectivity index (χ1n) is 11.3. The number of benzene rings is 3. The highest BCUT2D eigenvalue weighted by Gasteiger charge is 2.17. The molecule has 7 heteroatoms. The van der Waals surface area contributed by atoms with Gasteiger partial charge < -0.3 is 20.1 Å². The van der Waals surface area contributed by atoms with Crippen LogP contribution in [0.2, 0.25) is 5.02 Å². The molecule has 0 atom stereocenters. The molecule has 34 heavy (non-hydrogen) atoms. The standard InChI is InChI=1S/C27H29ClN2O4/c1-4-33-24-17-23(30-27(32)20-9-7-6-8-10-20)25(34-5-2)16-22(24)29-26(31)14-13-19-12-11-18(3)21(28)15-19/h6-12,15-17H,4-5,13-14H2,1-3H3,(H,29,31)(H,30,32). The van der Waals surface area contributed by atoms with E-state index in [9.17, 15) is 9.59 Å². The zero-order valence-corrected chi connectivity index (χ0v) is 20.4. The number of carbonyl (C=O) groups is 2. The van der Waals surface area contributed by atoms with Crippen LogP contribution in [0, 0.1) is 6.92 Å². The normalized spacial score (nSPS) is 10.5. The van der Waals surface area contributed by atoms with E-state index >= 15 is 0 Å². The van der Waals surface area contributed by atoms with E-state index in [0.717, 1.165) is 11.1 Å². The smallest absolute Gasteiger partial charge is 0.255 e. The Morgan fingerprint density at radius 1 is 0.853 bits per heavy atom. The van der Waals surface area contributed by atoms with Crippen molar-refractivity contribution >= 4 is 34.8 Å². The molecule has 2 N–H and O–H groups in total. The van der Waals surface area contributed by atoms with E-state index in [4.69, 9.17) is 21.1 Å². The fourth-order valence-electron chi connectivity index (χ4n) is 3.35. The maximum Gasteiger partial charge on any atom is 0.255 e. The Labute approximate surface area is 205 Å². The summed E-state index contributed by atoms with van der Waals surface area (Å²) in [7, 11) is 0. The van der Waals surface area contributed by atoms with Gasteiger partial charge in [-0.25, -0.2) is 0 Å². The summed E-state index contributed by atoms with van der Waals surface area (Å²) < 4.78 is 11.5. The van der Waals surface area contributed by atoms with Crippen molar-refractivity contribution < 1.29 is 19.1 Å². The molecule has 0 aliphatic rings. The second kappa shape index (κ2) is 12.1. The van der Waals surface area contributed by atoms with Crippen LogP contribution < -0.4 is 20.1 Å². The Morgan fingerprint density at radius 2 is 1.47 bits per heavy atom. The molecule has 0 bridgehead atoms. The van der Waals surface area contributed by atoms with Gasteiger partial charge in [-0.05, 0) is 56.5 Å². The molecule has 0 unspecified atom stereocenters. The van der Waals surface area contributed by atoms with Crippen LogP contribution in [0.1, 0.15) is 41.8 Å². The summed E-state index contributed by atoms with van der Waals surface area (Å²) in [6.45, 7) is 6.43. The summed E-state index contributed by atoms with van der Waals surface area (Å²) in [5, 5.41) is 6.48. The van der Waals surface area contributed by atoms with Gasteiger partial charge in [0.05, 0.1) is 24.6 Å². The van der Waals surface area contributed by atoms with Crippen molar-refractivity contribution in [2.24, 2.45) is 0 Å². The molecule has 6 nitrogen and oxygen atoms in total. The minimum atomic E-state index is -0.266. The van der Waals surface area contributed by atoms with Gasteiger partial charge in [-0.15, -0.1) is 0 Å². The van der Waals surface area contributed by atoms with E-state index in [0.29, 0.717) is 53.1 Å². The third-order valence-corrected chi connectivity index (χ3v) is 5.52. The molecule has 0 saturated carbocycles. The van der Waals surface area contributed by atoms with E-state index in [1.54, 1.807) is 36.4 Å². The molecule has 0 fully saturated rings. The summed E-state index contributed by atoms with van der Waals surface area (Å²) in [5.74, 6) is 0.454. The summed E-state index contributed by atoms with van der Waals surface area (Å²) in [6.07, 6.45) is 0.834. The number of hydrogen-bond donors (Lipinski definition) is 2. The molecule has 0 spiro atoms. The minimum absolute atomic E-state index is 0.166. The Kier molecular flexibility index (Phi) is 8.93. The molecule has 3 rings (SSSR count). The van der Waals surface area contributed by atoms with Gasteiger partial charge in [0.15, 0.2) is 0 Å². The van der Waals surface area contributed by atoms with Crippen molar-refractivity contribution in [3.63, 3.8) is 0 Å². The van der Waals surface area contributed by atoms with Crippen LogP contribution >= 0.6 is 11.6 Å². The lowest BCUT2D eigenvalue weighted by Crippen LogP contribution is -2.16. The Balaban J connectivity index is 1.78. The van der Waals surface area contributed by atoms with Gasteiger partial charge in [-0.2, -0.15) is 0 Å². The van der Waals surface area contributed by atoms with E-state index in [1.165, 1.54) is 0 Å². The SMILES string of the molecule is CCOc1cc(NC(=O)c2ccccc2)c(OCC)cc1NC(=O)CCc1ccc(C)c(Cl)c1. The highest BCUT2D eigenvalue weighted by atomic mass is 35.5. The Bertz CT molecular complexity index is 1150. The second-order valence-corrected chi connectivity index (χ2v) is 8.07. The van der Waals surface area contributed by atoms with Crippen molar-refractivity contribution in [2.45, 2.75) is 33.6 Å². The van der Waals surface area contributed by atoms with Gasteiger partial charge in [0.25, 0.3) is 5.91 Å². The van der Waals surface area contributed by atoms with Crippen LogP contribution in [0.3, 0.4) is 0 Å². The van der Waals surface area contributed by atoms with E-state index in [1.807, 2.05) is 45.0 Å². The van der Waals surface area contributed by atoms with E-state index < -0.39 is 0 Å². The average Bonchev–Trinajstić information content (AvgIpc) is 2.83. The zero-order valence-electron chi connectivity index (χ0n) is 19.6. The molecule has 2 amide bonds. The predicted octanol–water partition coefficient (Wildman–Crippen LogP) is 6.27. The monoisotopic (exact) mass is 480 g/mol. The Hall–Kier alpha value is -3.51. The van der Waals surface area contributed by atoms with E-state index in [2.05, 4.69) is 10.6 Å². The fraction of sp³-hybridized carbons (Fsp3) is 0.259. The lowest BCUT2D eigenvalue weighted by molar-refractivity contribution is -0.116. The molecule has 0 aliphatic heterocycles. The van der Waals surface area contributed by atoms with Crippen molar-refractivity contribution in [2.75, 3.05) is 23.8 Å². The predicted molar refractivity (Wildman–Crippen MR) is 136 cm³/mol. The number of hydrogen-bond acceptors (Lipinski definition) is 4. The van der Waals surface area contributed by atoms with Crippen LogP contribution in [-0.4, -0.2) is 25.0 Å². The third kappa shape index (κ3) is 6.75. The molecule has 0 radical (unpaired) electrons. The van der Waals surface area contributed by atoms with Crippen LogP contribution in [-0.2, 0) is 11.2 Å². The van der Waals surface area contributed by atoms with Crippen LogP contribution in [0.15, 0.2) is 60.7 Å². The molecule has 0 aliphatic carbocycles. The summed E-state index contributed by atoms with van der Waals surface area (Å²) in [4.78, 5) is 25.4. The summed E-state index contributed by atoms with van der Waals surface area (Å²) in [5.41, 5.74) is 3.46. The molecular formula is C27H29ClN2O4. The number of aryl methyl sites for hydroxylation is 2. The van der Waals surface area contributed by atoms with Crippen LogP contribution in [0.25, 0.3) is 0 Å². The molecule has 0 aromatic heterocycles. The average molecular weight is 481 g/mol. The number of anilines is 2. The number of nitrogens with one attached hydrogen (secondary N) is 2. The Morgan fingerprint density at radius 3 is 2.06 bits per heavy atom. The first-order chi connectivity index (χ1) is 16.4. The van der Waals surface area contributed by atoms with E-state index in [-0.39, 0.29) is 18.2 Å². The first kappa shape index (κ1) is 25.1. The van der Waals surface area contributed by atoms with Gasteiger partial charge >= 0.3 is 0 Å². The van der Waals surface area contributed by atoms with Crippen molar-refractivity contribution in [1.82, 2.24) is 0 Å². The second-order valence-electron chi connectivity index (χ2n) is 7.66. The highest BCUT2D eigenvalue weighted by Crippen LogP contribution is 2.37. The van der Waals surface area contributed by atoms with Gasteiger partial charge in [-0.1, -0.05) is 41.9 Å². The van der Waals surface area contributed by atoms with Crippen molar-refractivity contribution in [3.8, 4) is 11.5 Å². The number of carbonyl (C=O) groups excluding carboxylic acids is 2. The van der Waals surface area contributed by atoms with Crippen LogP contribution in [0.4, 0.5) is 11.4 Å². The maximum absolute atomic E-state index is 12.7. The van der Waals surface area contributed by atoms with Gasteiger partial charge in [0.2, 0.25) is 5.91 Å². The summed E-state index contributed by atoms with van der Waals surface area (Å²) >= 11 is 6.19. The number of ether oxygens (including phenoxy) is 2. The fourth-order valence-corrected chi connectivity index (χ4v) is 3.55. The molecular weight excluding hydrogens is 452 g/mol.